The summed E-state index contributed by atoms with van der Waals surface area (Å²) in [5, 5.41) is 26.0. The van der Waals surface area contributed by atoms with E-state index in [9.17, 15) is 10.2 Å². The molecule has 0 saturated heterocycles. The second-order valence-corrected chi connectivity index (χ2v) is 4.44. The highest BCUT2D eigenvalue weighted by Gasteiger charge is 2.15. The highest BCUT2D eigenvalue weighted by Crippen LogP contribution is 2.38. The summed E-state index contributed by atoms with van der Waals surface area (Å²) in [6.07, 6.45) is 1.56. The number of nitrogens with one attached hydrogen (secondary N) is 1. The van der Waals surface area contributed by atoms with Crippen molar-refractivity contribution in [3.05, 3.63) is 48.7 Å². The van der Waals surface area contributed by atoms with Crippen LogP contribution in [0.25, 0.3) is 11.3 Å². The number of nitrogens with zero attached hydrogens (tertiary/aromatic N) is 1. The molecule has 0 aliphatic carbocycles. The van der Waals surface area contributed by atoms with Crippen molar-refractivity contribution in [2.24, 2.45) is 0 Å². The third kappa shape index (κ3) is 2.46. The molecule has 0 aliphatic heterocycles. The van der Waals surface area contributed by atoms with E-state index in [4.69, 9.17) is 10.5 Å². The lowest BCUT2D eigenvalue weighted by molar-refractivity contribution is 0.450. The SMILES string of the molecule is Nc1ccccc1Oc1c[nH]nc1-c1ccc(O)cc1O. The number of aromatic amines is 1. The summed E-state index contributed by atoms with van der Waals surface area (Å²) in [5.74, 6) is 0.807. The van der Waals surface area contributed by atoms with Gasteiger partial charge in [0.2, 0.25) is 0 Å². The van der Waals surface area contributed by atoms with Gasteiger partial charge in [0.25, 0.3) is 0 Å². The number of anilines is 1. The van der Waals surface area contributed by atoms with E-state index in [1.807, 2.05) is 12.1 Å². The van der Waals surface area contributed by atoms with Gasteiger partial charge in [-0.3, -0.25) is 5.10 Å². The lowest BCUT2D eigenvalue weighted by Crippen LogP contribution is -1.92. The molecule has 0 aliphatic rings. The van der Waals surface area contributed by atoms with Crippen molar-refractivity contribution in [3.63, 3.8) is 0 Å². The van der Waals surface area contributed by atoms with Crippen molar-refractivity contribution in [2.75, 3.05) is 5.73 Å². The average Bonchev–Trinajstić information content (AvgIpc) is 2.89. The summed E-state index contributed by atoms with van der Waals surface area (Å²) in [6.45, 7) is 0. The maximum absolute atomic E-state index is 9.91. The first-order chi connectivity index (χ1) is 10.1. The summed E-state index contributed by atoms with van der Waals surface area (Å²) >= 11 is 0. The van der Waals surface area contributed by atoms with Crippen molar-refractivity contribution >= 4 is 5.69 Å². The smallest absolute Gasteiger partial charge is 0.173 e. The number of aromatic nitrogens is 2. The molecule has 3 aromatic rings. The standard InChI is InChI=1S/C15H13N3O3/c16-11-3-1-2-4-13(11)21-14-8-17-18-15(14)10-6-5-9(19)7-12(10)20/h1-8,19-20H,16H2,(H,17,18). The van der Waals surface area contributed by atoms with Crippen molar-refractivity contribution in [1.29, 1.82) is 0 Å². The van der Waals surface area contributed by atoms with Crippen LogP contribution in [0.5, 0.6) is 23.0 Å². The normalized spacial score (nSPS) is 10.5. The van der Waals surface area contributed by atoms with Crippen molar-refractivity contribution < 1.29 is 14.9 Å². The van der Waals surface area contributed by atoms with E-state index in [2.05, 4.69) is 10.2 Å². The number of aromatic hydroxyl groups is 2. The second-order valence-electron chi connectivity index (χ2n) is 4.44. The third-order valence-corrected chi connectivity index (χ3v) is 2.98. The summed E-state index contributed by atoms with van der Waals surface area (Å²) in [7, 11) is 0. The van der Waals surface area contributed by atoms with Gasteiger partial charge in [-0.05, 0) is 24.3 Å². The molecule has 0 fully saturated rings. The monoisotopic (exact) mass is 283 g/mol. The van der Waals surface area contributed by atoms with Gasteiger partial charge in [0, 0.05) is 11.6 Å². The van der Waals surface area contributed by atoms with Gasteiger partial charge in [-0.25, -0.2) is 0 Å². The Balaban J connectivity index is 2.00. The molecule has 6 heteroatoms. The topological polar surface area (TPSA) is 104 Å². The maximum atomic E-state index is 9.91. The second kappa shape index (κ2) is 5.09. The van der Waals surface area contributed by atoms with Crippen molar-refractivity contribution in [1.82, 2.24) is 10.2 Å². The Kier molecular flexibility index (Phi) is 3.12. The van der Waals surface area contributed by atoms with Crippen LogP contribution in [0, 0.1) is 0 Å². The number of ether oxygens (including phenoxy) is 1. The number of hydrogen-bond donors (Lipinski definition) is 4. The molecule has 0 bridgehead atoms. The van der Waals surface area contributed by atoms with Crippen LogP contribution in [0.3, 0.4) is 0 Å². The van der Waals surface area contributed by atoms with E-state index < -0.39 is 0 Å². The number of nitrogens with two attached hydrogens (primary N) is 1. The van der Waals surface area contributed by atoms with Gasteiger partial charge in [-0.15, -0.1) is 0 Å². The Hall–Kier alpha value is -3.15. The van der Waals surface area contributed by atoms with Crippen LogP contribution in [-0.2, 0) is 0 Å². The van der Waals surface area contributed by atoms with Crippen molar-refractivity contribution in [3.8, 4) is 34.3 Å². The number of rotatable bonds is 3. The van der Waals surface area contributed by atoms with Gasteiger partial charge >= 0.3 is 0 Å². The Morgan fingerprint density at radius 1 is 1.05 bits per heavy atom. The van der Waals surface area contributed by atoms with E-state index in [1.165, 1.54) is 12.1 Å². The van der Waals surface area contributed by atoms with Gasteiger partial charge < -0.3 is 20.7 Å². The van der Waals surface area contributed by atoms with Gasteiger partial charge in [-0.2, -0.15) is 5.10 Å². The quantitative estimate of drug-likeness (QED) is 0.553. The molecule has 21 heavy (non-hydrogen) atoms. The summed E-state index contributed by atoms with van der Waals surface area (Å²) < 4.78 is 5.73. The number of benzene rings is 2. The molecule has 0 unspecified atom stereocenters. The molecular formula is C15H13N3O3. The number of phenolic OH excluding ortho intramolecular Hbond substituents is 2. The van der Waals surface area contributed by atoms with E-state index in [1.54, 1.807) is 24.4 Å². The molecule has 2 aromatic carbocycles. The van der Waals surface area contributed by atoms with Crippen LogP contribution in [0.1, 0.15) is 0 Å². The molecule has 6 nitrogen and oxygen atoms in total. The minimum absolute atomic E-state index is 0.0263. The Morgan fingerprint density at radius 3 is 2.62 bits per heavy atom. The van der Waals surface area contributed by atoms with Gasteiger partial charge in [0.1, 0.15) is 17.2 Å². The van der Waals surface area contributed by atoms with Gasteiger partial charge in [0.15, 0.2) is 11.5 Å². The zero-order valence-corrected chi connectivity index (χ0v) is 10.9. The zero-order chi connectivity index (χ0) is 14.8. The number of nitrogen functional groups attached to an aromatic ring is 1. The number of hydrogen-bond acceptors (Lipinski definition) is 5. The van der Waals surface area contributed by atoms with Crippen LogP contribution < -0.4 is 10.5 Å². The minimum atomic E-state index is -0.0898. The fourth-order valence-corrected chi connectivity index (χ4v) is 1.96. The van der Waals surface area contributed by atoms with E-state index in [-0.39, 0.29) is 11.5 Å². The lowest BCUT2D eigenvalue weighted by atomic mass is 10.1. The van der Waals surface area contributed by atoms with Gasteiger partial charge in [-0.1, -0.05) is 12.1 Å². The molecule has 106 valence electrons. The van der Waals surface area contributed by atoms with Crippen LogP contribution in [0.4, 0.5) is 5.69 Å². The van der Waals surface area contributed by atoms with Crippen LogP contribution in [0.2, 0.25) is 0 Å². The van der Waals surface area contributed by atoms with Crippen LogP contribution in [-0.4, -0.2) is 20.4 Å². The largest absolute Gasteiger partial charge is 0.508 e. The first-order valence-corrected chi connectivity index (χ1v) is 6.23. The third-order valence-electron chi connectivity index (χ3n) is 2.98. The highest BCUT2D eigenvalue weighted by atomic mass is 16.5. The first-order valence-electron chi connectivity index (χ1n) is 6.23. The highest BCUT2D eigenvalue weighted by molar-refractivity contribution is 5.73. The van der Waals surface area contributed by atoms with Crippen LogP contribution in [0.15, 0.2) is 48.7 Å². The van der Waals surface area contributed by atoms with Crippen LogP contribution >= 0.6 is 0 Å². The Labute approximate surface area is 120 Å². The zero-order valence-electron chi connectivity index (χ0n) is 10.9. The predicted octanol–water partition coefficient (Wildman–Crippen LogP) is 2.86. The number of H-pyrrole nitrogens is 1. The molecule has 0 saturated carbocycles. The molecule has 0 atom stereocenters. The molecule has 1 aromatic heterocycles. The Morgan fingerprint density at radius 2 is 1.86 bits per heavy atom. The van der Waals surface area contributed by atoms with Crippen molar-refractivity contribution in [2.45, 2.75) is 0 Å². The fraction of sp³-hybridized carbons (Fsp3) is 0. The van der Waals surface area contributed by atoms with E-state index >= 15 is 0 Å². The summed E-state index contributed by atoms with van der Waals surface area (Å²) in [4.78, 5) is 0. The summed E-state index contributed by atoms with van der Waals surface area (Å²) in [5.41, 5.74) is 7.21. The maximum Gasteiger partial charge on any atom is 0.173 e. The predicted molar refractivity (Wildman–Crippen MR) is 78.3 cm³/mol. The lowest BCUT2D eigenvalue weighted by Gasteiger charge is -2.09. The molecule has 0 radical (unpaired) electrons. The average molecular weight is 283 g/mol. The number of phenols is 2. The fourth-order valence-electron chi connectivity index (χ4n) is 1.96. The summed E-state index contributed by atoms with van der Waals surface area (Å²) in [6, 6.07) is 11.3. The van der Waals surface area contributed by atoms with E-state index in [0.717, 1.165) is 0 Å². The molecular weight excluding hydrogens is 270 g/mol. The van der Waals surface area contributed by atoms with E-state index in [0.29, 0.717) is 28.4 Å². The van der Waals surface area contributed by atoms with Gasteiger partial charge in [0.05, 0.1) is 11.9 Å². The molecule has 3 rings (SSSR count). The first kappa shape index (κ1) is 12.9. The molecule has 0 spiro atoms. The molecule has 1 heterocycles. The number of para-hydroxylation sites is 2. The molecule has 0 amide bonds. The minimum Gasteiger partial charge on any atom is -0.508 e. The Bertz CT molecular complexity index is 783. The molecule has 5 N–H and O–H groups in total.